The topological polar surface area (TPSA) is 50.2 Å². The molecule has 1 amide bonds. The van der Waals surface area contributed by atoms with Gasteiger partial charge in [0.25, 0.3) is 5.91 Å². The molecule has 4 rings (SSSR count). The van der Waals surface area contributed by atoms with Gasteiger partial charge in [-0.3, -0.25) is 4.79 Å². The number of piperidine rings is 1. The van der Waals surface area contributed by atoms with Gasteiger partial charge in [0, 0.05) is 31.7 Å². The van der Waals surface area contributed by atoms with Gasteiger partial charge in [-0.25, -0.2) is 4.68 Å². The Balaban J connectivity index is 0.00000361. The number of amides is 1. The lowest BCUT2D eigenvalue weighted by atomic mass is 10.0. The van der Waals surface area contributed by atoms with Crippen LogP contribution in [0.5, 0.6) is 0 Å². The predicted octanol–water partition coefficient (Wildman–Crippen LogP) is 6.45. The lowest BCUT2D eigenvalue weighted by molar-refractivity contribution is -0.141. The second-order valence-corrected chi connectivity index (χ2v) is 9.25. The zero-order valence-electron chi connectivity index (χ0n) is 19.5. The standard InChI is InChI=1S/C26H28ClF3N4O.H2/c1-18-7-4-5-15-33(18)16-6-14-31-25(35)20-12-10-19(11-13-20)23-17-24(26(28,29)30)32-34(23)22-9-3-2-8-21(22)27;/h2-3,8-13,17-18H,4-7,14-16H2,1H3,(H,31,35);1H. The van der Waals surface area contributed by atoms with Gasteiger partial charge in [-0.05, 0) is 63.1 Å². The number of nitrogens with zero attached hydrogens (tertiary/aromatic N) is 3. The molecule has 1 unspecified atom stereocenters. The fourth-order valence-electron chi connectivity index (χ4n) is 4.40. The summed E-state index contributed by atoms with van der Waals surface area (Å²) in [7, 11) is 0. The number of nitrogens with one attached hydrogen (secondary N) is 1. The summed E-state index contributed by atoms with van der Waals surface area (Å²) in [6.45, 7) is 4.87. The molecule has 5 nitrogen and oxygen atoms in total. The summed E-state index contributed by atoms with van der Waals surface area (Å²) in [5.41, 5.74) is 0.485. The van der Waals surface area contributed by atoms with E-state index in [1.165, 1.54) is 23.9 Å². The molecule has 1 aliphatic heterocycles. The number of likely N-dealkylation sites (tertiary alicyclic amines) is 1. The average Bonchev–Trinajstić information content (AvgIpc) is 3.29. The molecule has 1 aliphatic rings. The first kappa shape index (κ1) is 25.3. The molecule has 0 aliphatic carbocycles. The van der Waals surface area contributed by atoms with E-state index in [1.54, 1.807) is 48.5 Å². The molecule has 0 radical (unpaired) electrons. The zero-order chi connectivity index (χ0) is 25.0. The fourth-order valence-corrected chi connectivity index (χ4v) is 4.62. The Hall–Kier alpha value is -2.84. The molecule has 0 spiro atoms. The molecule has 2 heterocycles. The summed E-state index contributed by atoms with van der Waals surface area (Å²) in [5.74, 6) is -0.209. The Morgan fingerprint density at radius 3 is 2.60 bits per heavy atom. The lowest BCUT2D eigenvalue weighted by Gasteiger charge is -2.33. The highest BCUT2D eigenvalue weighted by molar-refractivity contribution is 6.32. The molecule has 1 fully saturated rings. The van der Waals surface area contributed by atoms with Crippen molar-refractivity contribution in [3.63, 3.8) is 0 Å². The molecule has 1 N–H and O–H groups in total. The van der Waals surface area contributed by atoms with Crippen LogP contribution in [-0.4, -0.2) is 46.3 Å². The smallest absolute Gasteiger partial charge is 0.352 e. The van der Waals surface area contributed by atoms with E-state index < -0.39 is 11.9 Å². The second-order valence-electron chi connectivity index (χ2n) is 8.84. The van der Waals surface area contributed by atoms with Crippen LogP contribution in [0.4, 0.5) is 13.2 Å². The highest BCUT2D eigenvalue weighted by atomic mass is 35.5. The first-order valence-electron chi connectivity index (χ1n) is 11.8. The largest absolute Gasteiger partial charge is 0.435 e. The number of rotatable bonds is 7. The summed E-state index contributed by atoms with van der Waals surface area (Å²) >= 11 is 6.23. The Morgan fingerprint density at radius 2 is 1.91 bits per heavy atom. The number of alkyl halides is 3. The number of hydrogen-bond donors (Lipinski definition) is 1. The normalized spacial score (nSPS) is 16.9. The van der Waals surface area contributed by atoms with E-state index in [4.69, 9.17) is 11.6 Å². The third-order valence-corrected chi connectivity index (χ3v) is 6.69. The van der Waals surface area contributed by atoms with Crippen molar-refractivity contribution >= 4 is 17.5 Å². The molecule has 188 valence electrons. The van der Waals surface area contributed by atoms with E-state index in [0.717, 1.165) is 25.6 Å². The van der Waals surface area contributed by atoms with Crippen LogP contribution in [-0.2, 0) is 6.18 Å². The van der Waals surface area contributed by atoms with Gasteiger partial charge in [-0.15, -0.1) is 0 Å². The van der Waals surface area contributed by atoms with Crippen molar-refractivity contribution in [2.24, 2.45) is 0 Å². The van der Waals surface area contributed by atoms with Crippen molar-refractivity contribution in [1.82, 2.24) is 20.0 Å². The van der Waals surface area contributed by atoms with Crippen molar-refractivity contribution in [1.29, 1.82) is 0 Å². The number of aromatic nitrogens is 2. The predicted molar refractivity (Wildman–Crippen MR) is 133 cm³/mol. The third kappa shape index (κ3) is 6.05. The van der Waals surface area contributed by atoms with Gasteiger partial charge in [-0.2, -0.15) is 18.3 Å². The SMILES string of the molecule is CC1CCCCN1CCCNC(=O)c1ccc(-c2cc(C(F)(F)F)nn2-c2ccccc2Cl)cc1.[HH]. The monoisotopic (exact) mass is 506 g/mol. The average molecular weight is 507 g/mol. The van der Waals surface area contributed by atoms with Crippen molar-refractivity contribution in [3.05, 3.63) is 70.9 Å². The van der Waals surface area contributed by atoms with E-state index in [9.17, 15) is 18.0 Å². The van der Waals surface area contributed by atoms with Gasteiger partial charge in [0.2, 0.25) is 0 Å². The second kappa shape index (κ2) is 10.8. The van der Waals surface area contributed by atoms with Crippen LogP contribution in [0.15, 0.2) is 54.6 Å². The highest BCUT2D eigenvalue weighted by Crippen LogP contribution is 2.34. The van der Waals surface area contributed by atoms with E-state index in [-0.39, 0.29) is 18.1 Å². The third-order valence-electron chi connectivity index (χ3n) is 6.37. The van der Waals surface area contributed by atoms with Crippen LogP contribution in [0, 0.1) is 0 Å². The van der Waals surface area contributed by atoms with Crippen LogP contribution in [0.25, 0.3) is 16.9 Å². The summed E-state index contributed by atoms with van der Waals surface area (Å²) in [6, 6.07) is 14.6. The molecule has 2 aromatic carbocycles. The maximum absolute atomic E-state index is 13.4. The summed E-state index contributed by atoms with van der Waals surface area (Å²) < 4.78 is 41.4. The van der Waals surface area contributed by atoms with E-state index >= 15 is 0 Å². The van der Waals surface area contributed by atoms with E-state index in [1.807, 2.05) is 0 Å². The van der Waals surface area contributed by atoms with Crippen LogP contribution in [0.3, 0.4) is 0 Å². The number of benzene rings is 2. The number of carbonyl (C=O) groups is 1. The van der Waals surface area contributed by atoms with Crippen LogP contribution in [0.2, 0.25) is 5.02 Å². The molecule has 1 aromatic heterocycles. The van der Waals surface area contributed by atoms with Gasteiger partial charge in [0.1, 0.15) is 0 Å². The van der Waals surface area contributed by atoms with Crippen molar-refractivity contribution in [3.8, 4) is 16.9 Å². The maximum atomic E-state index is 13.4. The zero-order valence-corrected chi connectivity index (χ0v) is 20.2. The first-order valence-corrected chi connectivity index (χ1v) is 12.2. The van der Waals surface area contributed by atoms with Crippen LogP contribution in [0.1, 0.15) is 50.1 Å². The summed E-state index contributed by atoms with van der Waals surface area (Å²) in [5, 5.41) is 6.97. The lowest BCUT2D eigenvalue weighted by Crippen LogP contribution is -2.39. The Bertz CT molecular complexity index is 1170. The first-order chi connectivity index (χ1) is 16.7. The Labute approximate surface area is 209 Å². The van der Waals surface area contributed by atoms with Crippen LogP contribution < -0.4 is 5.32 Å². The molecule has 1 atom stereocenters. The molecule has 0 saturated carbocycles. The minimum Gasteiger partial charge on any atom is -0.352 e. The maximum Gasteiger partial charge on any atom is 0.435 e. The molecular formula is C26H30ClF3N4O. The van der Waals surface area contributed by atoms with Crippen molar-refractivity contribution in [2.45, 2.75) is 44.8 Å². The summed E-state index contributed by atoms with van der Waals surface area (Å²) in [4.78, 5) is 15.0. The highest BCUT2D eigenvalue weighted by Gasteiger charge is 2.35. The minimum atomic E-state index is -4.60. The van der Waals surface area contributed by atoms with E-state index in [2.05, 4.69) is 22.2 Å². The van der Waals surface area contributed by atoms with Gasteiger partial charge >= 0.3 is 6.18 Å². The van der Waals surface area contributed by atoms with Gasteiger partial charge in [0.15, 0.2) is 5.69 Å². The minimum absolute atomic E-state index is 0. The number of carbonyl (C=O) groups excluding carboxylic acids is 1. The van der Waals surface area contributed by atoms with Crippen LogP contribution >= 0.6 is 11.6 Å². The molecule has 9 heteroatoms. The number of para-hydroxylation sites is 1. The van der Waals surface area contributed by atoms with Gasteiger partial charge in [0.05, 0.1) is 16.4 Å². The number of halogens is 4. The molecule has 0 bridgehead atoms. The quantitative estimate of drug-likeness (QED) is 0.374. The summed E-state index contributed by atoms with van der Waals surface area (Å²) in [6.07, 6.45) is -0.0129. The molecule has 1 saturated heterocycles. The fraction of sp³-hybridized carbons (Fsp3) is 0.385. The van der Waals surface area contributed by atoms with Crippen molar-refractivity contribution < 1.29 is 19.4 Å². The number of hydrogen-bond acceptors (Lipinski definition) is 3. The van der Waals surface area contributed by atoms with Crippen molar-refractivity contribution in [2.75, 3.05) is 19.6 Å². The van der Waals surface area contributed by atoms with E-state index in [0.29, 0.717) is 29.4 Å². The molecular weight excluding hydrogens is 477 g/mol. The van der Waals surface area contributed by atoms with Gasteiger partial charge in [-0.1, -0.05) is 42.3 Å². The Morgan fingerprint density at radius 1 is 1.17 bits per heavy atom. The Kier molecular flexibility index (Phi) is 7.82. The molecule has 35 heavy (non-hydrogen) atoms. The van der Waals surface area contributed by atoms with Gasteiger partial charge < -0.3 is 10.2 Å². The molecule has 3 aromatic rings.